The van der Waals surface area contributed by atoms with E-state index in [0.29, 0.717) is 5.46 Å². The molecule has 360 valence electrons. The van der Waals surface area contributed by atoms with Crippen LogP contribution in [0.1, 0.15) is 33.4 Å². The first-order valence-electron chi connectivity index (χ1n) is 25.0. The molecule has 4 aromatic heterocycles. The zero-order chi connectivity index (χ0) is 50.9. The number of furan rings is 2. The summed E-state index contributed by atoms with van der Waals surface area (Å²) in [6.07, 6.45) is 0. The van der Waals surface area contributed by atoms with E-state index in [0.717, 1.165) is 76.4 Å². The van der Waals surface area contributed by atoms with Crippen LogP contribution in [-0.4, -0.2) is 26.3 Å². The molecule has 0 aliphatic heterocycles. The lowest BCUT2D eigenvalue weighted by Crippen LogP contribution is -2.34. The molecule has 6 nitrogen and oxygen atoms in total. The van der Waals surface area contributed by atoms with Gasteiger partial charge < -0.3 is 28.0 Å². The topological polar surface area (TPSA) is 76.6 Å². The summed E-state index contributed by atoms with van der Waals surface area (Å²) >= 11 is 3.62. The molecular weight excluding hydrogens is 975 g/mol. The van der Waals surface area contributed by atoms with Crippen LogP contribution in [-0.2, 0) is 0 Å². The third-order valence-corrected chi connectivity index (χ3v) is 15.0. The number of aryl methyl sites for hydroxylation is 6. The first kappa shape index (κ1) is 46.9. The van der Waals surface area contributed by atoms with Crippen molar-refractivity contribution in [2.24, 2.45) is 0 Å². The van der Waals surface area contributed by atoms with E-state index in [1.807, 2.05) is 57.2 Å². The second-order valence-electron chi connectivity index (χ2n) is 19.6. The normalized spacial score (nSPS) is 11.6. The molecule has 0 bridgehead atoms. The summed E-state index contributed by atoms with van der Waals surface area (Å²) in [6, 6.07) is 68.5. The number of rotatable bonds is 4. The number of nitrogens with zero attached hydrogens (tertiary/aromatic N) is 2. The molecule has 0 saturated heterocycles. The highest BCUT2D eigenvalue weighted by Crippen LogP contribution is 2.40. The number of aromatic nitrogens is 2. The highest BCUT2D eigenvalue weighted by Gasteiger charge is 2.19. The van der Waals surface area contributed by atoms with Crippen molar-refractivity contribution in [1.82, 2.24) is 9.13 Å². The number of halogens is 1. The van der Waals surface area contributed by atoms with Gasteiger partial charge in [-0.05, 0) is 160 Å². The van der Waals surface area contributed by atoms with Gasteiger partial charge in [0.15, 0.2) is 0 Å². The maximum atomic E-state index is 9.03. The third kappa shape index (κ3) is 8.16. The van der Waals surface area contributed by atoms with E-state index in [1.54, 1.807) is 0 Å². The van der Waals surface area contributed by atoms with E-state index in [-0.39, 0.29) is 0 Å². The van der Waals surface area contributed by atoms with Gasteiger partial charge in [0, 0.05) is 58.9 Å². The summed E-state index contributed by atoms with van der Waals surface area (Å²) in [5.41, 5.74) is 21.0. The van der Waals surface area contributed by atoms with Crippen molar-refractivity contribution in [2.45, 2.75) is 41.5 Å². The van der Waals surface area contributed by atoms with Crippen LogP contribution in [0, 0.1) is 41.5 Å². The van der Waals surface area contributed by atoms with Gasteiger partial charge in [-0.1, -0.05) is 141 Å². The monoisotopic (exact) mass is 1030 g/mol. The van der Waals surface area contributed by atoms with Crippen LogP contribution in [0.5, 0.6) is 0 Å². The van der Waals surface area contributed by atoms with Crippen LogP contribution in [0.2, 0.25) is 0 Å². The maximum absolute atomic E-state index is 9.03. The number of benzene rings is 10. The zero-order valence-corrected chi connectivity index (χ0v) is 43.6. The molecule has 14 aromatic rings. The van der Waals surface area contributed by atoms with Crippen molar-refractivity contribution in [1.29, 1.82) is 0 Å². The van der Waals surface area contributed by atoms with E-state index < -0.39 is 7.12 Å². The minimum absolute atomic E-state index is 0.626. The molecule has 2 N–H and O–H groups in total. The lowest BCUT2D eigenvalue weighted by Gasteiger charge is -2.13. The Kier molecular flexibility index (Phi) is 11.9. The predicted molar refractivity (Wildman–Crippen MR) is 314 cm³/mol. The van der Waals surface area contributed by atoms with Gasteiger partial charge in [-0.2, -0.15) is 0 Å². The number of hydrogen-bond donors (Lipinski definition) is 2. The number of para-hydroxylation sites is 4. The van der Waals surface area contributed by atoms with Crippen LogP contribution < -0.4 is 5.46 Å². The first-order valence-corrected chi connectivity index (χ1v) is 25.8. The molecule has 4 heterocycles. The second-order valence-corrected chi connectivity index (χ2v) is 20.5. The average molecular weight is 1030 g/mol. The van der Waals surface area contributed by atoms with E-state index in [9.17, 15) is 0 Å². The fraction of sp³-hybridized carbons (Fsp3) is 0.0909. The fourth-order valence-corrected chi connectivity index (χ4v) is 11.9. The van der Waals surface area contributed by atoms with E-state index in [1.165, 1.54) is 71.4 Å². The Balaban J connectivity index is 0.000000126. The van der Waals surface area contributed by atoms with Gasteiger partial charge >= 0.3 is 7.12 Å². The van der Waals surface area contributed by atoms with Crippen molar-refractivity contribution in [3.8, 4) is 22.5 Å². The first-order chi connectivity index (χ1) is 35.9. The Labute approximate surface area is 437 Å². The molecule has 0 radical (unpaired) electrons. The van der Waals surface area contributed by atoms with Crippen LogP contribution in [0.3, 0.4) is 0 Å². The highest BCUT2D eigenvalue weighted by atomic mass is 79.9. The predicted octanol–water partition coefficient (Wildman–Crippen LogP) is 17.0. The Morgan fingerprint density at radius 2 is 0.770 bits per heavy atom. The smallest absolute Gasteiger partial charge is 0.456 e. The van der Waals surface area contributed by atoms with Gasteiger partial charge in [-0.25, -0.2) is 0 Å². The molecule has 0 spiro atoms. The summed E-state index contributed by atoms with van der Waals surface area (Å²) in [5, 5.41) is 27.7. The summed E-state index contributed by atoms with van der Waals surface area (Å²) in [6.45, 7) is 12.4. The molecular formula is C66H52BBrN2O4. The molecule has 74 heavy (non-hydrogen) atoms. The quantitative estimate of drug-likeness (QED) is 0.172. The average Bonchev–Trinajstić information content (AvgIpc) is 4.13. The van der Waals surface area contributed by atoms with Gasteiger partial charge in [-0.15, -0.1) is 0 Å². The minimum Gasteiger partial charge on any atom is -0.456 e. The van der Waals surface area contributed by atoms with E-state index in [4.69, 9.17) is 18.9 Å². The Morgan fingerprint density at radius 3 is 1.27 bits per heavy atom. The molecule has 10 aromatic carbocycles. The molecule has 0 atom stereocenters. The van der Waals surface area contributed by atoms with Crippen molar-refractivity contribution in [3.63, 3.8) is 0 Å². The number of fused-ring (bicyclic) bond motifs is 12. The summed E-state index contributed by atoms with van der Waals surface area (Å²) in [5.74, 6) is 0. The Bertz CT molecular complexity index is 4470. The van der Waals surface area contributed by atoms with Crippen LogP contribution in [0.15, 0.2) is 207 Å². The molecule has 0 aliphatic rings. The Hall–Kier alpha value is -8.14. The molecule has 0 unspecified atom stereocenters. The second kappa shape index (κ2) is 18.7. The standard InChI is InChI=1S/C33H25NO.C24H14BrNO.C9H13BO2/c1-20-16-21(2)33(22(3)17-20)23-12-14-30-27(18-23)25-8-4-6-10-29(25)34(30)24-13-15-32-28(19-24)26-9-5-7-11-31(26)35-32;25-15-9-11-22-19(13-15)17-5-1-3-7-21(17)26(22)16-10-12-24-20(14-16)18-6-2-4-8-23(18)27-24;1-6-4-7(2)9(10(11)12)8(3)5-6/h4-19H,1-3H3;1-14H;4-5,11-12H,1-3H3. The van der Waals surface area contributed by atoms with Crippen molar-refractivity contribution in [3.05, 3.63) is 232 Å². The molecule has 0 aliphatic carbocycles. The number of hydrogen-bond acceptors (Lipinski definition) is 4. The van der Waals surface area contributed by atoms with Crippen LogP contribution in [0.25, 0.3) is 110 Å². The van der Waals surface area contributed by atoms with Gasteiger partial charge in [-0.3, -0.25) is 0 Å². The van der Waals surface area contributed by atoms with Crippen molar-refractivity contribution in [2.75, 3.05) is 0 Å². The van der Waals surface area contributed by atoms with Gasteiger partial charge in [0.05, 0.1) is 22.1 Å². The SMILES string of the molecule is Brc1ccc2c(c1)c1ccccc1n2-c1ccc2oc3ccccc3c2c1.Cc1cc(C)c(-c2ccc3c(c2)c2ccccc2n3-c2ccc3oc4ccccc4c3c2)c(C)c1.Cc1cc(C)c(B(O)O)c(C)c1. The van der Waals surface area contributed by atoms with Crippen molar-refractivity contribution < 1.29 is 18.9 Å². The fourth-order valence-electron chi connectivity index (χ4n) is 11.6. The highest BCUT2D eigenvalue weighted by molar-refractivity contribution is 9.10. The van der Waals surface area contributed by atoms with Crippen LogP contribution in [0.4, 0.5) is 0 Å². The lowest BCUT2D eigenvalue weighted by molar-refractivity contribution is 0.425. The van der Waals surface area contributed by atoms with Gasteiger partial charge in [0.25, 0.3) is 0 Å². The Morgan fingerprint density at radius 1 is 0.365 bits per heavy atom. The largest absolute Gasteiger partial charge is 0.488 e. The van der Waals surface area contributed by atoms with E-state index >= 15 is 0 Å². The van der Waals surface area contributed by atoms with Crippen LogP contribution >= 0.6 is 15.9 Å². The lowest BCUT2D eigenvalue weighted by atomic mass is 9.74. The summed E-state index contributed by atoms with van der Waals surface area (Å²) in [7, 11) is -1.36. The van der Waals surface area contributed by atoms with Crippen molar-refractivity contribution >= 4 is 116 Å². The minimum atomic E-state index is -1.36. The maximum Gasteiger partial charge on any atom is 0.488 e. The van der Waals surface area contributed by atoms with E-state index in [2.05, 4.69) is 204 Å². The van der Waals surface area contributed by atoms with Gasteiger partial charge in [0.2, 0.25) is 0 Å². The molecule has 8 heteroatoms. The molecule has 0 amide bonds. The summed E-state index contributed by atoms with van der Waals surface area (Å²) < 4.78 is 17.9. The van der Waals surface area contributed by atoms with Gasteiger partial charge in [0.1, 0.15) is 22.3 Å². The molecule has 0 saturated carbocycles. The molecule has 0 fully saturated rings. The third-order valence-electron chi connectivity index (χ3n) is 14.5. The molecule has 14 rings (SSSR count). The summed E-state index contributed by atoms with van der Waals surface area (Å²) in [4.78, 5) is 0. The zero-order valence-electron chi connectivity index (χ0n) is 42.0.